The number of allylic oxidation sites excluding steroid dienone is 14. The highest BCUT2D eigenvalue weighted by atomic mass is 16.7. The van der Waals surface area contributed by atoms with Crippen LogP contribution in [0.15, 0.2) is 85.1 Å². The second-order valence-corrected chi connectivity index (χ2v) is 18.3. The lowest BCUT2D eigenvalue weighted by atomic mass is 9.99. The molecular weight excluding hydrogens is 827 g/mol. The number of carbonyl (C=O) groups is 1. The van der Waals surface area contributed by atoms with Crippen LogP contribution < -0.4 is 5.32 Å². The molecule has 0 aliphatic carbocycles. The number of hydrogen-bond acceptors (Lipinski definition) is 8. The summed E-state index contributed by atoms with van der Waals surface area (Å²) in [6.07, 6.45) is 58.5. The van der Waals surface area contributed by atoms with Crippen molar-refractivity contribution >= 4 is 5.91 Å². The van der Waals surface area contributed by atoms with E-state index in [0.29, 0.717) is 12.8 Å². The average Bonchev–Trinajstić information content (AvgIpc) is 3.32. The highest BCUT2D eigenvalue weighted by Crippen LogP contribution is 2.23. The van der Waals surface area contributed by atoms with Crippen molar-refractivity contribution in [2.75, 3.05) is 13.2 Å². The highest BCUT2D eigenvalue weighted by molar-refractivity contribution is 5.76. The first-order valence-electron chi connectivity index (χ1n) is 26.8. The van der Waals surface area contributed by atoms with Crippen LogP contribution in [-0.2, 0) is 14.3 Å². The molecule has 0 aromatic rings. The van der Waals surface area contributed by atoms with E-state index in [1.807, 2.05) is 0 Å². The van der Waals surface area contributed by atoms with Crippen LogP contribution in [0.5, 0.6) is 0 Å². The molecule has 1 heterocycles. The molecule has 0 aromatic heterocycles. The number of rotatable bonds is 44. The number of nitrogens with one attached hydrogen (secondary N) is 1. The molecule has 0 radical (unpaired) electrons. The zero-order valence-electron chi connectivity index (χ0n) is 41.9. The van der Waals surface area contributed by atoms with E-state index < -0.39 is 49.5 Å². The minimum atomic E-state index is -1.55. The number of ether oxygens (including phenoxy) is 2. The van der Waals surface area contributed by atoms with Gasteiger partial charge < -0.3 is 40.3 Å². The Kier molecular flexibility index (Phi) is 42.9. The lowest BCUT2D eigenvalue weighted by molar-refractivity contribution is -0.302. The van der Waals surface area contributed by atoms with E-state index in [4.69, 9.17) is 9.47 Å². The quantitative estimate of drug-likeness (QED) is 0.0261. The van der Waals surface area contributed by atoms with Crippen LogP contribution in [0.1, 0.15) is 213 Å². The van der Waals surface area contributed by atoms with E-state index in [1.165, 1.54) is 96.3 Å². The third-order valence-corrected chi connectivity index (χ3v) is 12.3. The molecule has 0 bridgehead atoms. The van der Waals surface area contributed by atoms with Gasteiger partial charge in [-0.25, -0.2) is 0 Å². The lowest BCUT2D eigenvalue weighted by Crippen LogP contribution is -2.60. The molecule has 66 heavy (non-hydrogen) atoms. The Morgan fingerprint density at radius 2 is 0.939 bits per heavy atom. The maximum absolute atomic E-state index is 12.9. The van der Waals surface area contributed by atoms with Gasteiger partial charge in [0.25, 0.3) is 0 Å². The van der Waals surface area contributed by atoms with Gasteiger partial charge in [0, 0.05) is 6.42 Å². The number of unbranched alkanes of at least 4 members (excludes halogenated alkanes) is 20. The molecule has 1 rings (SSSR count). The van der Waals surface area contributed by atoms with E-state index in [0.717, 1.165) is 89.9 Å². The summed E-state index contributed by atoms with van der Waals surface area (Å²) >= 11 is 0. The van der Waals surface area contributed by atoms with E-state index in [-0.39, 0.29) is 12.5 Å². The second-order valence-electron chi connectivity index (χ2n) is 18.3. The predicted molar refractivity (Wildman–Crippen MR) is 276 cm³/mol. The third-order valence-electron chi connectivity index (χ3n) is 12.3. The van der Waals surface area contributed by atoms with E-state index >= 15 is 0 Å². The van der Waals surface area contributed by atoms with Crippen LogP contribution in [0, 0.1) is 0 Å². The first-order chi connectivity index (χ1) is 32.3. The van der Waals surface area contributed by atoms with Crippen molar-refractivity contribution in [2.24, 2.45) is 0 Å². The fourth-order valence-electron chi connectivity index (χ4n) is 8.02. The number of aliphatic hydroxyl groups is 5. The summed E-state index contributed by atoms with van der Waals surface area (Å²) in [6.45, 7) is 3.59. The van der Waals surface area contributed by atoms with Gasteiger partial charge >= 0.3 is 0 Å². The summed E-state index contributed by atoms with van der Waals surface area (Å²) in [5.74, 6) is -0.155. The fourth-order valence-corrected chi connectivity index (χ4v) is 8.02. The van der Waals surface area contributed by atoms with Gasteiger partial charge in [0.2, 0.25) is 5.91 Å². The topological polar surface area (TPSA) is 149 Å². The monoisotopic (exact) mass is 926 g/mol. The zero-order valence-corrected chi connectivity index (χ0v) is 41.9. The Labute approximate surface area is 403 Å². The number of hydrogen-bond donors (Lipinski definition) is 6. The van der Waals surface area contributed by atoms with Crippen molar-refractivity contribution in [3.05, 3.63) is 85.1 Å². The van der Waals surface area contributed by atoms with Crippen LogP contribution in [-0.4, -0.2) is 87.5 Å². The summed E-state index contributed by atoms with van der Waals surface area (Å²) in [5, 5.41) is 53.8. The standard InChI is InChI=1S/C57H99NO8/c1-3-5-7-9-10-11-12-13-14-15-16-17-18-19-20-21-22-23-24-25-26-27-28-29-30-31-32-33-34-35-36-37-38-39-40-41-42-43-45-47-53(61)58-50(51(60)46-44-8-6-4-2)49-65-57-56(64)55(63)54(62)52(48-59)66-57/h5,7,10-11,13-14,16-17,19-20,22-23,25-26,50-52,54-57,59-60,62-64H,3-4,6,8-9,12,15,18,21,24,27-49H2,1-2H3,(H,58,61)/b7-5-,11-10-,14-13-,17-16-,20-19-,23-22-,26-25-. The van der Waals surface area contributed by atoms with Gasteiger partial charge in [-0.15, -0.1) is 0 Å². The van der Waals surface area contributed by atoms with Crippen molar-refractivity contribution < 1.29 is 39.8 Å². The van der Waals surface area contributed by atoms with Gasteiger partial charge in [0.15, 0.2) is 6.29 Å². The minimum Gasteiger partial charge on any atom is -0.394 e. The Morgan fingerprint density at radius 1 is 0.530 bits per heavy atom. The van der Waals surface area contributed by atoms with Crippen molar-refractivity contribution in [1.29, 1.82) is 0 Å². The lowest BCUT2D eigenvalue weighted by Gasteiger charge is -2.40. The average molecular weight is 926 g/mol. The Bertz CT molecular complexity index is 1300. The molecule has 0 spiro atoms. The van der Waals surface area contributed by atoms with Gasteiger partial charge in [0.05, 0.1) is 25.4 Å². The van der Waals surface area contributed by atoms with Gasteiger partial charge in [-0.3, -0.25) is 4.79 Å². The summed E-state index contributed by atoms with van der Waals surface area (Å²) < 4.78 is 11.1. The molecule has 9 heteroatoms. The molecule has 7 atom stereocenters. The second kappa shape index (κ2) is 46.1. The minimum absolute atomic E-state index is 0.143. The molecule has 7 unspecified atom stereocenters. The third kappa shape index (κ3) is 35.5. The summed E-state index contributed by atoms with van der Waals surface area (Å²) in [4.78, 5) is 12.9. The number of aliphatic hydroxyl groups excluding tert-OH is 5. The molecule has 6 N–H and O–H groups in total. The normalized spacial score (nSPS) is 20.5. The molecule has 9 nitrogen and oxygen atoms in total. The molecule has 1 aliphatic rings. The first kappa shape index (κ1) is 61.4. The summed E-state index contributed by atoms with van der Waals surface area (Å²) in [5.41, 5.74) is 0. The zero-order chi connectivity index (χ0) is 48.0. The SMILES string of the molecule is CC/C=C\C/C=C\C/C=C\C/C=C\C/C=C\C/C=C\C/C=C\CCCCCCCCCCCCCCCCCCCC(=O)NC(COC1OC(CO)C(O)C(O)C1O)C(O)CCCCCC. The highest BCUT2D eigenvalue weighted by Gasteiger charge is 2.44. The van der Waals surface area contributed by atoms with Crippen molar-refractivity contribution in [3.8, 4) is 0 Å². The van der Waals surface area contributed by atoms with Crippen LogP contribution in [0.25, 0.3) is 0 Å². The van der Waals surface area contributed by atoms with Gasteiger partial charge in [-0.05, 0) is 70.6 Å². The molecule has 1 saturated heterocycles. The van der Waals surface area contributed by atoms with Crippen LogP contribution in [0.4, 0.5) is 0 Å². The molecule has 1 aliphatic heterocycles. The van der Waals surface area contributed by atoms with Crippen LogP contribution >= 0.6 is 0 Å². The molecule has 1 amide bonds. The molecule has 380 valence electrons. The molecule has 1 fully saturated rings. The van der Waals surface area contributed by atoms with Crippen molar-refractivity contribution in [2.45, 2.75) is 256 Å². The molecular formula is C57H99NO8. The number of carbonyl (C=O) groups excluding carboxylic acids is 1. The van der Waals surface area contributed by atoms with E-state index in [1.54, 1.807) is 0 Å². The largest absolute Gasteiger partial charge is 0.394 e. The Balaban J connectivity index is 1.97. The summed E-state index contributed by atoms with van der Waals surface area (Å²) in [6, 6.07) is -0.716. The number of amides is 1. The van der Waals surface area contributed by atoms with Gasteiger partial charge in [-0.1, -0.05) is 221 Å². The fraction of sp³-hybridized carbons (Fsp3) is 0.737. The first-order valence-corrected chi connectivity index (χ1v) is 26.8. The van der Waals surface area contributed by atoms with Gasteiger partial charge in [0.1, 0.15) is 24.4 Å². The smallest absolute Gasteiger partial charge is 0.220 e. The van der Waals surface area contributed by atoms with Crippen molar-refractivity contribution in [3.63, 3.8) is 0 Å². The van der Waals surface area contributed by atoms with E-state index in [2.05, 4.69) is 104 Å². The van der Waals surface area contributed by atoms with Crippen molar-refractivity contribution in [1.82, 2.24) is 5.32 Å². The maximum Gasteiger partial charge on any atom is 0.220 e. The van der Waals surface area contributed by atoms with E-state index in [9.17, 15) is 30.3 Å². The van der Waals surface area contributed by atoms with Crippen LogP contribution in [0.3, 0.4) is 0 Å². The Hall–Kier alpha value is -2.63. The maximum atomic E-state index is 12.9. The summed E-state index contributed by atoms with van der Waals surface area (Å²) in [7, 11) is 0. The molecule has 0 aromatic carbocycles. The Morgan fingerprint density at radius 3 is 1.38 bits per heavy atom. The predicted octanol–water partition coefficient (Wildman–Crippen LogP) is 12.7. The van der Waals surface area contributed by atoms with Crippen LogP contribution in [0.2, 0.25) is 0 Å². The molecule has 0 saturated carbocycles. The van der Waals surface area contributed by atoms with Gasteiger partial charge in [-0.2, -0.15) is 0 Å².